The maximum Gasteiger partial charge on any atom is 0.271 e. The van der Waals surface area contributed by atoms with Gasteiger partial charge in [-0.25, -0.2) is 4.90 Å². The summed E-state index contributed by atoms with van der Waals surface area (Å²) in [6.07, 6.45) is 3.63. The highest BCUT2D eigenvalue weighted by Crippen LogP contribution is 2.58. The van der Waals surface area contributed by atoms with Gasteiger partial charge in [0, 0.05) is 12.1 Å². The van der Waals surface area contributed by atoms with Crippen molar-refractivity contribution >= 4 is 23.2 Å². The molecule has 0 N–H and O–H groups in total. The van der Waals surface area contributed by atoms with Gasteiger partial charge in [-0.3, -0.25) is 19.7 Å². The molecule has 0 radical (unpaired) electrons. The van der Waals surface area contributed by atoms with Crippen LogP contribution >= 0.6 is 0 Å². The lowest BCUT2D eigenvalue weighted by Crippen LogP contribution is -2.39. The minimum absolute atomic E-state index is 0.0905. The molecule has 4 atom stereocenters. The topological polar surface area (TPSA) is 99.0 Å². The van der Waals surface area contributed by atoms with Crippen LogP contribution in [-0.4, -0.2) is 35.0 Å². The molecule has 8 heteroatoms. The molecule has 4 rings (SSSR count). The summed E-state index contributed by atoms with van der Waals surface area (Å²) in [6, 6.07) is 3.84. The molecule has 8 nitrogen and oxygen atoms in total. The van der Waals surface area contributed by atoms with Gasteiger partial charge in [0.1, 0.15) is 11.4 Å². The van der Waals surface area contributed by atoms with E-state index in [2.05, 4.69) is 0 Å². The van der Waals surface area contributed by atoms with Gasteiger partial charge in [-0.05, 0) is 19.9 Å². The van der Waals surface area contributed by atoms with Crippen LogP contribution in [0.4, 0.5) is 11.4 Å². The second kappa shape index (κ2) is 4.66. The number of nitro benzene ring substituents is 1. The first-order valence-electron chi connectivity index (χ1n) is 7.83. The van der Waals surface area contributed by atoms with Crippen molar-refractivity contribution in [3.8, 4) is 5.75 Å². The average molecular weight is 344 g/mol. The summed E-state index contributed by atoms with van der Waals surface area (Å²) < 4.78 is 11.2. The average Bonchev–Trinajstić information content (AvgIpc) is 3.11. The normalized spacial score (nSPS) is 35.4. The molecule has 0 aliphatic carbocycles. The van der Waals surface area contributed by atoms with Crippen molar-refractivity contribution in [1.82, 2.24) is 0 Å². The SMILES string of the molecule is COc1ccc([N+](=O)[O-])cc1N1C(=O)C2C(C1=O)C1(C)C=CC2(C)O1. The molecule has 130 valence electrons. The number of hydrogen-bond acceptors (Lipinski definition) is 6. The van der Waals surface area contributed by atoms with E-state index in [4.69, 9.17) is 9.47 Å². The highest BCUT2D eigenvalue weighted by molar-refractivity contribution is 6.24. The van der Waals surface area contributed by atoms with E-state index in [1.54, 1.807) is 13.8 Å². The van der Waals surface area contributed by atoms with Crippen molar-refractivity contribution in [2.24, 2.45) is 11.8 Å². The number of carbonyl (C=O) groups is 2. The molecule has 4 unspecified atom stereocenters. The summed E-state index contributed by atoms with van der Waals surface area (Å²) in [5.74, 6) is -1.93. The van der Waals surface area contributed by atoms with Crippen molar-refractivity contribution in [2.45, 2.75) is 25.0 Å². The van der Waals surface area contributed by atoms with E-state index >= 15 is 0 Å². The van der Waals surface area contributed by atoms with Crippen LogP contribution in [0.15, 0.2) is 30.4 Å². The zero-order valence-corrected chi connectivity index (χ0v) is 13.9. The fourth-order valence-corrected chi connectivity index (χ4v) is 4.24. The first-order valence-corrected chi connectivity index (χ1v) is 7.83. The Labute approximate surface area is 143 Å². The summed E-state index contributed by atoms with van der Waals surface area (Å²) in [5, 5.41) is 11.1. The third-order valence-corrected chi connectivity index (χ3v) is 5.34. The van der Waals surface area contributed by atoms with E-state index in [1.165, 1.54) is 25.3 Å². The first kappa shape index (κ1) is 15.8. The zero-order valence-electron chi connectivity index (χ0n) is 13.9. The maximum atomic E-state index is 13.1. The van der Waals surface area contributed by atoms with Crippen molar-refractivity contribution in [3.63, 3.8) is 0 Å². The Hall–Kier alpha value is -2.74. The van der Waals surface area contributed by atoms with Crippen LogP contribution in [0.5, 0.6) is 5.75 Å². The molecule has 1 aromatic rings. The molecule has 2 fully saturated rings. The molecular formula is C17H16N2O6. The van der Waals surface area contributed by atoms with Gasteiger partial charge in [-0.1, -0.05) is 12.2 Å². The molecular weight excluding hydrogens is 328 g/mol. The van der Waals surface area contributed by atoms with Crippen molar-refractivity contribution < 1.29 is 24.0 Å². The van der Waals surface area contributed by atoms with Crippen LogP contribution < -0.4 is 9.64 Å². The molecule has 0 spiro atoms. The fraction of sp³-hybridized carbons (Fsp3) is 0.412. The van der Waals surface area contributed by atoms with Crippen molar-refractivity contribution in [2.75, 3.05) is 12.0 Å². The van der Waals surface area contributed by atoms with Gasteiger partial charge in [-0.15, -0.1) is 0 Å². The summed E-state index contributed by atoms with van der Waals surface area (Å²) in [7, 11) is 1.38. The third kappa shape index (κ3) is 1.85. The van der Waals surface area contributed by atoms with Gasteiger partial charge in [0.2, 0.25) is 11.8 Å². The van der Waals surface area contributed by atoms with Crippen LogP contribution in [0, 0.1) is 22.0 Å². The summed E-state index contributed by atoms with van der Waals surface area (Å²) >= 11 is 0. The number of nitrogens with zero attached hydrogens (tertiary/aromatic N) is 2. The number of imide groups is 1. The lowest BCUT2D eigenvalue weighted by molar-refractivity contribution is -0.384. The third-order valence-electron chi connectivity index (χ3n) is 5.34. The van der Waals surface area contributed by atoms with E-state index in [0.717, 1.165) is 4.90 Å². The number of ether oxygens (including phenoxy) is 2. The number of amides is 2. The Morgan fingerprint density at radius 1 is 1.16 bits per heavy atom. The van der Waals surface area contributed by atoms with Gasteiger partial charge in [0.25, 0.3) is 5.69 Å². The first-order chi connectivity index (χ1) is 11.7. The number of benzene rings is 1. The summed E-state index contributed by atoms with van der Waals surface area (Å²) in [4.78, 5) is 37.6. The predicted octanol–water partition coefficient (Wildman–Crippen LogP) is 1.83. The molecule has 1 aromatic carbocycles. The van der Waals surface area contributed by atoms with E-state index in [9.17, 15) is 19.7 Å². The molecule has 0 aromatic heterocycles. The number of anilines is 1. The highest BCUT2D eigenvalue weighted by Gasteiger charge is 2.70. The monoisotopic (exact) mass is 344 g/mol. The van der Waals surface area contributed by atoms with Gasteiger partial charge in [-0.2, -0.15) is 0 Å². The van der Waals surface area contributed by atoms with Crippen LogP contribution in [-0.2, 0) is 14.3 Å². The number of non-ortho nitro benzene ring substituents is 1. The van der Waals surface area contributed by atoms with Crippen molar-refractivity contribution in [3.05, 3.63) is 40.5 Å². The van der Waals surface area contributed by atoms with Crippen LogP contribution in [0.2, 0.25) is 0 Å². The molecule has 3 heterocycles. The predicted molar refractivity (Wildman–Crippen MR) is 86.2 cm³/mol. The Morgan fingerprint density at radius 3 is 2.20 bits per heavy atom. The molecule has 0 saturated carbocycles. The molecule has 2 amide bonds. The largest absolute Gasteiger partial charge is 0.495 e. The zero-order chi connectivity index (χ0) is 18.1. The van der Waals surface area contributed by atoms with E-state index in [1.807, 2.05) is 12.2 Å². The van der Waals surface area contributed by atoms with Gasteiger partial charge >= 0.3 is 0 Å². The number of fused-ring (bicyclic) bond motifs is 5. The van der Waals surface area contributed by atoms with E-state index in [0.29, 0.717) is 0 Å². The Balaban J connectivity index is 1.84. The molecule has 2 saturated heterocycles. The minimum Gasteiger partial charge on any atom is -0.495 e. The number of rotatable bonds is 3. The van der Waals surface area contributed by atoms with E-state index in [-0.39, 0.29) is 17.1 Å². The molecule has 3 aliphatic heterocycles. The minimum atomic E-state index is -0.852. The quantitative estimate of drug-likeness (QED) is 0.359. The number of methoxy groups -OCH3 is 1. The Bertz CT molecular complexity index is 829. The number of nitro groups is 1. The second-order valence-corrected chi connectivity index (χ2v) is 6.88. The van der Waals surface area contributed by atoms with Crippen LogP contribution in [0.3, 0.4) is 0 Å². The Kier molecular flexibility index (Phi) is 2.94. The van der Waals surface area contributed by atoms with Crippen LogP contribution in [0.25, 0.3) is 0 Å². The molecule has 2 bridgehead atoms. The maximum absolute atomic E-state index is 13.1. The van der Waals surface area contributed by atoms with Gasteiger partial charge < -0.3 is 9.47 Å². The number of hydrogen-bond donors (Lipinski definition) is 0. The second-order valence-electron chi connectivity index (χ2n) is 6.88. The summed E-state index contributed by atoms with van der Waals surface area (Å²) in [6.45, 7) is 3.55. The Morgan fingerprint density at radius 2 is 1.72 bits per heavy atom. The number of carbonyl (C=O) groups excluding carboxylic acids is 2. The smallest absolute Gasteiger partial charge is 0.271 e. The lowest BCUT2D eigenvalue weighted by Gasteiger charge is -2.25. The van der Waals surface area contributed by atoms with E-state index < -0.39 is 39.8 Å². The molecule has 3 aliphatic rings. The highest BCUT2D eigenvalue weighted by atomic mass is 16.6. The van der Waals surface area contributed by atoms with Crippen LogP contribution in [0.1, 0.15) is 13.8 Å². The fourth-order valence-electron chi connectivity index (χ4n) is 4.24. The van der Waals surface area contributed by atoms with Gasteiger partial charge in [0.05, 0.1) is 35.1 Å². The molecule has 25 heavy (non-hydrogen) atoms. The summed E-state index contributed by atoms with van der Waals surface area (Å²) in [5.41, 5.74) is -1.83. The standard InChI is InChI=1S/C17H16N2O6/c1-16-6-7-17(2,25-16)13-12(16)14(20)18(15(13)21)10-8-9(19(22)23)4-5-11(10)24-3/h4-8,12-13H,1-3H3. The lowest BCUT2D eigenvalue weighted by atomic mass is 9.73. The van der Waals surface area contributed by atoms with Crippen molar-refractivity contribution in [1.29, 1.82) is 0 Å². The van der Waals surface area contributed by atoms with Gasteiger partial charge in [0.15, 0.2) is 0 Å².